The van der Waals surface area contributed by atoms with E-state index in [2.05, 4.69) is 24.8 Å². The van der Waals surface area contributed by atoms with Gasteiger partial charge in [0.15, 0.2) is 0 Å². The number of ether oxygens (including phenoxy) is 1. The number of aliphatic hydroxyl groups is 1. The van der Waals surface area contributed by atoms with Crippen LogP contribution < -0.4 is 9.46 Å². The van der Waals surface area contributed by atoms with Gasteiger partial charge in [-0.05, 0) is 73.5 Å². The predicted molar refractivity (Wildman–Crippen MR) is 148 cm³/mol. The van der Waals surface area contributed by atoms with E-state index in [4.69, 9.17) is 5.11 Å². The minimum atomic E-state index is -4.86. The van der Waals surface area contributed by atoms with Crippen LogP contribution in [-0.4, -0.2) is 57.6 Å². The standard InChI is InChI=1S/C28H24F4N6O4S/c1-17-16-37(18(2)35-17)27-24(29)13-21(20-4-3-5-23(12-20)43(40,41)34-10-11-39)14-25(27)38-26(15-33-36-38)19-6-8-22(9-7-19)42-28(30,31)32/h3-9,12-16,34,39H,10-11H2,1-2H3. The molecule has 0 aliphatic carbocycles. The van der Waals surface area contributed by atoms with Gasteiger partial charge in [0.2, 0.25) is 10.0 Å². The van der Waals surface area contributed by atoms with Gasteiger partial charge in [0.25, 0.3) is 0 Å². The minimum absolute atomic E-state index is 0.0685. The number of imidazole rings is 1. The fraction of sp³-hybridized carbons (Fsp3) is 0.179. The molecule has 2 N–H and O–H groups in total. The maximum Gasteiger partial charge on any atom is 0.573 e. The van der Waals surface area contributed by atoms with Crippen LogP contribution in [0.3, 0.4) is 0 Å². The van der Waals surface area contributed by atoms with Crippen LogP contribution in [-0.2, 0) is 10.0 Å². The summed E-state index contributed by atoms with van der Waals surface area (Å²) in [5.41, 5.74) is 2.31. The van der Waals surface area contributed by atoms with E-state index >= 15 is 4.39 Å². The molecule has 0 amide bonds. The van der Waals surface area contributed by atoms with Gasteiger partial charge in [-0.2, -0.15) is 0 Å². The van der Waals surface area contributed by atoms with Crippen LogP contribution in [0.1, 0.15) is 11.5 Å². The number of aryl methyl sites for hydroxylation is 2. The van der Waals surface area contributed by atoms with E-state index in [0.717, 1.165) is 12.1 Å². The van der Waals surface area contributed by atoms with Gasteiger partial charge < -0.3 is 9.84 Å². The van der Waals surface area contributed by atoms with Crippen LogP contribution in [0.25, 0.3) is 33.8 Å². The van der Waals surface area contributed by atoms with Crippen molar-refractivity contribution < 1.29 is 35.8 Å². The molecule has 3 aromatic carbocycles. The molecule has 224 valence electrons. The van der Waals surface area contributed by atoms with Crippen molar-refractivity contribution in [3.05, 3.63) is 90.4 Å². The Bertz CT molecular complexity index is 1890. The summed E-state index contributed by atoms with van der Waals surface area (Å²) in [5, 5.41) is 17.2. The highest BCUT2D eigenvalue weighted by Gasteiger charge is 2.31. The van der Waals surface area contributed by atoms with Gasteiger partial charge >= 0.3 is 6.36 Å². The first kappa shape index (κ1) is 29.9. The highest BCUT2D eigenvalue weighted by atomic mass is 32.2. The first-order valence-corrected chi connectivity index (χ1v) is 14.2. The zero-order valence-corrected chi connectivity index (χ0v) is 23.5. The van der Waals surface area contributed by atoms with E-state index in [1.165, 1.54) is 51.8 Å². The number of aromatic nitrogens is 5. The topological polar surface area (TPSA) is 124 Å². The Balaban J connectivity index is 1.67. The summed E-state index contributed by atoms with van der Waals surface area (Å²) in [6.07, 6.45) is -1.85. The van der Waals surface area contributed by atoms with Crippen molar-refractivity contribution in [2.75, 3.05) is 13.2 Å². The number of halogens is 4. The Kier molecular flexibility index (Phi) is 8.05. The van der Waals surface area contributed by atoms with E-state index in [0.29, 0.717) is 33.9 Å². The van der Waals surface area contributed by atoms with Crippen LogP contribution in [0.5, 0.6) is 5.75 Å². The molecule has 0 spiro atoms. The third kappa shape index (κ3) is 6.43. The van der Waals surface area contributed by atoms with Crippen LogP contribution in [0, 0.1) is 19.7 Å². The van der Waals surface area contributed by atoms with Crippen molar-refractivity contribution in [3.8, 4) is 39.5 Å². The van der Waals surface area contributed by atoms with E-state index in [1.54, 1.807) is 32.2 Å². The van der Waals surface area contributed by atoms with Crippen molar-refractivity contribution >= 4 is 10.0 Å². The van der Waals surface area contributed by atoms with Gasteiger partial charge in [0.05, 0.1) is 34.8 Å². The molecule has 15 heteroatoms. The quantitative estimate of drug-likeness (QED) is 0.230. The second-order valence-corrected chi connectivity index (χ2v) is 11.1. The van der Waals surface area contributed by atoms with Gasteiger partial charge in [-0.15, -0.1) is 18.3 Å². The third-order valence-corrected chi connectivity index (χ3v) is 7.79. The van der Waals surface area contributed by atoms with Crippen molar-refractivity contribution in [2.24, 2.45) is 0 Å². The number of aliphatic hydroxyl groups excluding tert-OH is 1. The molecule has 0 unspecified atom stereocenters. The lowest BCUT2D eigenvalue weighted by atomic mass is 10.0. The van der Waals surface area contributed by atoms with Crippen LogP contribution >= 0.6 is 0 Å². The molecule has 0 fully saturated rings. The third-order valence-electron chi connectivity index (χ3n) is 6.33. The maximum atomic E-state index is 16.1. The molecular weight excluding hydrogens is 592 g/mol. The second kappa shape index (κ2) is 11.6. The van der Waals surface area contributed by atoms with E-state index < -0.39 is 28.0 Å². The number of hydrogen-bond acceptors (Lipinski definition) is 7. The average Bonchev–Trinajstić information content (AvgIpc) is 3.57. The van der Waals surface area contributed by atoms with Crippen molar-refractivity contribution in [3.63, 3.8) is 0 Å². The summed E-state index contributed by atoms with van der Waals surface area (Å²) in [5.74, 6) is -0.629. The van der Waals surface area contributed by atoms with Gasteiger partial charge in [-0.3, -0.25) is 4.57 Å². The fourth-order valence-electron chi connectivity index (χ4n) is 4.54. The molecule has 0 saturated heterocycles. The van der Waals surface area contributed by atoms with E-state index in [9.17, 15) is 21.6 Å². The molecule has 0 radical (unpaired) electrons. The molecule has 0 bridgehead atoms. The zero-order chi connectivity index (χ0) is 30.9. The highest BCUT2D eigenvalue weighted by Crippen LogP contribution is 2.34. The SMILES string of the molecule is Cc1cn(-c2c(F)cc(-c3cccc(S(=O)(=O)NCCO)c3)cc2-n2nncc2-c2ccc(OC(F)(F)F)cc2)c(C)n1. The monoisotopic (exact) mass is 616 g/mol. The molecule has 43 heavy (non-hydrogen) atoms. The Hall–Kier alpha value is -4.60. The molecule has 5 rings (SSSR count). The lowest BCUT2D eigenvalue weighted by Crippen LogP contribution is -2.26. The van der Waals surface area contributed by atoms with Gasteiger partial charge in [0.1, 0.15) is 23.1 Å². The predicted octanol–water partition coefficient (Wildman–Crippen LogP) is 4.71. The number of nitrogens with zero attached hydrogens (tertiary/aromatic N) is 5. The van der Waals surface area contributed by atoms with Crippen LogP contribution in [0.15, 0.2) is 78.0 Å². The largest absolute Gasteiger partial charge is 0.573 e. The maximum absolute atomic E-state index is 16.1. The number of benzene rings is 3. The molecule has 0 saturated carbocycles. The Morgan fingerprint density at radius 3 is 2.40 bits per heavy atom. The van der Waals surface area contributed by atoms with E-state index in [-0.39, 0.29) is 29.4 Å². The summed E-state index contributed by atoms with van der Waals surface area (Å²) in [6, 6.07) is 13.7. The summed E-state index contributed by atoms with van der Waals surface area (Å²) < 4.78 is 88.6. The molecule has 5 aromatic rings. The summed E-state index contributed by atoms with van der Waals surface area (Å²) in [4.78, 5) is 4.28. The minimum Gasteiger partial charge on any atom is -0.406 e. The summed E-state index contributed by atoms with van der Waals surface area (Å²) in [6.45, 7) is 2.87. The normalized spacial score (nSPS) is 12.1. The summed E-state index contributed by atoms with van der Waals surface area (Å²) >= 11 is 0. The Morgan fingerprint density at radius 1 is 1.00 bits per heavy atom. The molecule has 2 aromatic heterocycles. The van der Waals surface area contributed by atoms with Crippen molar-refractivity contribution in [2.45, 2.75) is 25.1 Å². The smallest absolute Gasteiger partial charge is 0.406 e. The first-order valence-electron chi connectivity index (χ1n) is 12.7. The zero-order valence-electron chi connectivity index (χ0n) is 22.7. The van der Waals surface area contributed by atoms with Crippen LogP contribution in [0.2, 0.25) is 0 Å². The molecule has 10 nitrogen and oxygen atoms in total. The fourth-order valence-corrected chi connectivity index (χ4v) is 5.61. The molecule has 0 atom stereocenters. The second-order valence-electron chi connectivity index (χ2n) is 9.38. The molecule has 0 aliphatic heterocycles. The molecule has 2 heterocycles. The number of nitrogens with one attached hydrogen (secondary N) is 1. The number of rotatable bonds is 9. The highest BCUT2D eigenvalue weighted by molar-refractivity contribution is 7.89. The van der Waals surface area contributed by atoms with Crippen molar-refractivity contribution in [1.29, 1.82) is 0 Å². The number of hydrogen-bond donors (Lipinski definition) is 2. The number of sulfonamides is 1. The van der Waals surface area contributed by atoms with Gasteiger partial charge in [-0.25, -0.2) is 27.2 Å². The first-order chi connectivity index (χ1) is 20.4. The Labute approximate surface area is 243 Å². The molecule has 0 aliphatic rings. The lowest BCUT2D eigenvalue weighted by molar-refractivity contribution is -0.274. The lowest BCUT2D eigenvalue weighted by Gasteiger charge is -2.17. The van der Waals surface area contributed by atoms with Crippen molar-refractivity contribution in [1.82, 2.24) is 29.3 Å². The van der Waals surface area contributed by atoms with Gasteiger partial charge in [-0.1, -0.05) is 17.3 Å². The molecular formula is C28H24F4N6O4S. The summed E-state index contributed by atoms with van der Waals surface area (Å²) in [7, 11) is -3.95. The number of alkyl halides is 3. The average molecular weight is 617 g/mol. The van der Waals surface area contributed by atoms with Crippen LogP contribution in [0.4, 0.5) is 17.6 Å². The van der Waals surface area contributed by atoms with E-state index in [1.807, 2.05) is 0 Å². The Morgan fingerprint density at radius 2 is 1.74 bits per heavy atom. The van der Waals surface area contributed by atoms with Gasteiger partial charge in [0, 0.05) is 18.3 Å².